The van der Waals surface area contributed by atoms with Gasteiger partial charge in [0.25, 0.3) is 0 Å². The van der Waals surface area contributed by atoms with Crippen LogP contribution in [0.1, 0.15) is 20.8 Å². The average Bonchev–Trinajstić information content (AvgIpc) is 2.66. The number of aliphatic hydroxyl groups is 1. The number of halogens is 2. The number of anilines is 1. The molecule has 3 rings (SSSR count). The number of pyridine rings is 1. The fourth-order valence-electron chi connectivity index (χ4n) is 3.40. The smallest absolute Gasteiger partial charge is 0.410 e. The van der Waals surface area contributed by atoms with Gasteiger partial charge >= 0.3 is 11.8 Å². The standard InChI is InChI=1S/C19H22BrClN4O5/c1-19(2,3)30-18(27)23-4-5-24(11(9-23)10-26)17-12-6-13(20)14(21)7-15(12)22-8-16(17)25(28)29/h6-8,11,26H,4-5,9-10H2,1-3H3/t11-/m1/s1. The summed E-state index contributed by atoms with van der Waals surface area (Å²) in [6.07, 6.45) is 0.709. The van der Waals surface area contributed by atoms with Crippen LogP contribution in [0, 0.1) is 10.1 Å². The summed E-state index contributed by atoms with van der Waals surface area (Å²) in [6.45, 7) is 5.78. The first-order chi connectivity index (χ1) is 14.0. The van der Waals surface area contributed by atoms with Gasteiger partial charge in [0.1, 0.15) is 17.5 Å². The van der Waals surface area contributed by atoms with E-state index in [1.807, 2.05) is 0 Å². The topological polar surface area (TPSA) is 109 Å². The lowest BCUT2D eigenvalue weighted by Crippen LogP contribution is -2.57. The largest absolute Gasteiger partial charge is 0.444 e. The molecule has 0 spiro atoms. The maximum Gasteiger partial charge on any atom is 0.410 e. The van der Waals surface area contributed by atoms with Crippen molar-refractivity contribution in [2.75, 3.05) is 31.1 Å². The minimum Gasteiger partial charge on any atom is -0.444 e. The highest BCUT2D eigenvalue weighted by Gasteiger charge is 2.35. The molecule has 30 heavy (non-hydrogen) atoms. The third kappa shape index (κ3) is 4.60. The molecule has 1 N–H and O–H groups in total. The number of nitrogens with zero attached hydrogens (tertiary/aromatic N) is 4. The maximum absolute atomic E-state index is 12.5. The summed E-state index contributed by atoms with van der Waals surface area (Å²) in [5, 5.41) is 22.7. The van der Waals surface area contributed by atoms with Gasteiger partial charge in [-0.05, 0) is 48.8 Å². The molecule has 1 amide bonds. The molecule has 1 aromatic heterocycles. The van der Waals surface area contributed by atoms with Crippen LogP contribution in [0.4, 0.5) is 16.2 Å². The molecule has 0 aliphatic carbocycles. The number of fused-ring (bicyclic) bond motifs is 1. The molecule has 11 heteroatoms. The third-order valence-corrected chi connectivity index (χ3v) is 5.89. The van der Waals surface area contributed by atoms with Gasteiger partial charge in [0.05, 0.1) is 28.1 Å². The van der Waals surface area contributed by atoms with Crippen molar-refractivity contribution in [3.05, 3.63) is 37.9 Å². The van der Waals surface area contributed by atoms with Crippen LogP contribution in [0.15, 0.2) is 22.8 Å². The Balaban J connectivity index is 2.02. The van der Waals surface area contributed by atoms with Crippen LogP contribution in [0.5, 0.6) is 0 Å². The number of hydrogen-bond donors (Lipinski definition) is 1. The zero-order valence-corrected chi connectivity index (χ0v) is 19.1. The Morgan fingerprint density at radius 2 is 2.13 bits per heavy atom. The highest BCUT2D eigenvalue weighted by molar-refractivity contribution is 9.10. The molecule has 1 aliphatic heterocycles. The average molecular weight is 502 g/mol. The summed E-state index contributed by atoms with van der Waals surface area (Å²) in [5.74, 6) is 0. The van der Waals surface area contributed by atoms with Crippen LogP contribution in [0.3, 0.4) is 0 Å². The Morgan fingerprint density at radius 1 is 1.43 bits per heavy atom. The van der Waals surface area contributed by atoms with Crippen molar-refractivity contribution in [2.24, 2.45) is 0 Å². The van der Waals surface area contributed by atoms with Gasteiger partial charge in [0.15, 0.2) is 0 Å². The van der Waals surface area contributed by atoms with Crippen LogP contribution in [-0.2, 0) is 4.74 Å². The van der Waals surface area contributed by atoms with Crippen molar-refractivity contribution in [1.29, 1.82) is 0 Å². The Morgan fingerprint density at radius 3 is 2.73 bits per heavy atom. The second kappa shape index (κ2) is 8.52. The first-order valence-electron chi connectivity index (χ1n) is 9.29. The van der Waals surface area contributed by atoms with Gasteiger partial charge in [0, 0.05) is 29.5 Å². The molecule has 1 saturated heterocycles. The Hall–Kier alpha value is -2.17. The van der Waals surface area contributed by atoms with Crippen molar-refractivity contribution in [3.8, 4) is 0 Å². The summed E-state index contributed by atoms with van der Waals surface area (Å²) in [7, 11) is 0. The lowest BCUT2D eigenvalue weighted by molar-refractivity contribution is -0.384. The van der Waals surface area contributed by atoms with Crippen molar-refractivity contribution >= 4 is 55.9 Å². The van der Waals surface area contributed by atoms with E-state index in [1.165, 1.54) is 11.1 Å². The lowest BCUT2D eigenvalue weighted by Gasteiger charge is -2.42. The van der Waals surface area contributed by atoms with Gasteiger partial charge in [-0.25, -0.2) is 9.78 Å². The Bertz CT molecular complexity index is 997. The monoisotopic (exact) mass is 500 g/mol. The van der Waals surface area contributed by atoms with Gasteiger partial charge in [-0.2, -0.15) is 0 Å². The van der Waals surface area contributed by atoms with E-state index in [1.54, 1.807) is 37.8 Å². The van der Waals surface area contributed by atoms with Crippen LogP contribution in [0.2, 0.25) is 5.02 Å². The van der Waals surface area contributed by atoms with Crippen molar-refractivity contribution in [3.63, 3.8) is 0 Å². The number of amides is 1. The van der Waals surface area contributed by atoms with E-state index in [0.717, 1.165) is 0 Å². The summed E-state index contributed by atoms with van der Waals surface area (Å²) in [5.41, 5.74) is 0.00961. The van der Waals surface area contributed by atoms with E-state index in [0.29, 0.717) is 32.6 Å². The SMILES string of the molecule is CC(C)(C)OC(=O)N1CCN(c2c([N+](=O)[O-])cnc3cc(Cl)c(Br)cc23)[C@@H](CO)C1. The van der Waals surface area contributed by atoms with E-state index >= 15 is 0 Å². The lowest BCUT2D eigenvalue weighted by atomic mass is 10.1. The summed E-state index contributed by atoms with van der Waals surface area (Å²) in [6, 6.07) is 2.76. The Labute approximate surface area is 186 Å². The highest BCUT2D eigenvalue weighted by atomic mass is 79.9. The summed E-state index contributed by atoms with van der Waals surface area (Å²) < 4.78 is 6.00. The van der Waals surface area contributed by atoms with Crippen molar-refractivity contribution in [2.45, 2.75) is 32.4 Å². The molecule has 1 aliphatic rings. The molecule has 1 fully saturated rings. The molecule has 0 unspecified atom stereocenters. The quantitative estimate of drug-likeness (QED) is 0.500. The maximum atomic E-state index is 12.5. The number of hydrogen-bond acceptors (Lipinski definition) is 7. The second-order valence-corrected chi connectivity index (χ2v) is 9.25. The fourth-order valence-corrected chi connectivity index (χ4v) is 3.90. The number of benzene rings is 1. The Kier molecular flexibility index (Phi) is 6.40. The van der Waals surface area contributed by atoms with Gasteiger partial charge in [-0.15, -0.1) is 0 Å². The van der Waals surface area contributed by atoms with Crippen LogP contribution in [0.25, 0.3) is 10.9 Å². The molecule has 2 aromatic rings. The van der Waals surface area contributed by atoms with Gasteiger partial charge < -0.3 is 19.6 Å². The van der Waals surface area contributed by atoms with Crippen LogP contribution >= 0.6 is 27.5 Å². The number of nitro groups is 1. The third-order valence-electron chi connectivity index (χ3n) is 4.69. The number of rotatable bonds is 3. The molecule has 1 aromatic carbocycles. The van der Waals surface area contributed by atoms with Crippen LogP contribution in [-0.4, -0.2) is 63.9 Å². The number of aliphatic hydroxyl groups excluding tert-OH is 1. The normalized spacial score (nSPS) is 17.3. The van der Waals surface area contributed by atoms with Crippen LogP contribution < -0.4 is 4.90 Å². The van der Waals surface area contributed by atoms with Gasteiger partial charge in [-0.1, -0.05) is 11.6 Å². The molecule has 2 heterocycles. The number of carbonyl (C=O) groups is 1. The summed E-state index contributed by atoms with van der Waals surface area (Å²) in [4.78, 5) is 31.1. The molecule has 0 bridgehead atoms. The molecule has 9 nitrogen and oxygen atoms in total. The first-order valence-corrected chi connectivity index (χ1v) is 10.5. The van der Waals surface area contributed by atoms with Crippen molar-refractivity contribution in [1.82, 2.24) is 9.88 Å². The number of carbonyl (C=O) groups excluding carboxylic acids is 1. The van der Waals surface area contributed by atoms with E-state index in [9.17, 15) is 20.0 Å². The minimum atomic E-state index is -0.644. The molecule has 1 atom stereocenters. The molecule has 0 radical (unpaired) electrons. The fraction of sp³-hybridized carbons (Fsp3) is 0.474. The molecule has 0 saturated carbocycles. The number of piperazine rings is 1. The van der Waals surface area contributed by atoms with E-state index in [4.69, 9.17) is 16.3 Å². The predicted octanol–water partition coefficient (Wildman–Crippen LogP) is 3.98. The van der Waals surface area contributed by atoms with Gasteiger partial charge in [-0.3, -0.25) is 10.1 Å². The molecular formula is C19H22BrClN4O5. The molecule has 162 valence electrons. The number of aromatic nitrogens is 1. The van der Waals surface area contributed by atoms with Gasteiger partial charge in [0.2, 0.25) is 0 Å². The van der Waals surface area contributed by atoms with E-state index in [2.05, 4.69) is 20.9 Å². The zero-order chi connectivity index (χ0) is 22.2. The minimum absolute atomic E-state index is 0.168. The number of ether oxygens (including phenoxy) is 1. The highest BCUT2D eigenvalue weighted by Crippen LogP contribution is 2.40. The van der Waals surface area contributed by atoms with E-state index < -0.39 is 22.7 Å². The van der Waals surface area contributed by atoms with E-state index in [-0.39, 0.29) is 25.4 Å². The second-order valence-electron chi connectivity index (χ2n) is 7.99. The predicted molar refractivity (Wildman–Crippen MR) is 117 cm³/mol. The first kappa shape index (κ1) is 22.5. The summed E-state index contributed by atoms with van der Waals surface area (Å²) >= 11 is 9.52. The zero-order valence-electron chi connectivity index (χ0n) is 16.8. The molecular weight excluding hydrogens is 480 g/mol. The van der Waals surface area contributed by atoms with Crippen molar-refractivity contribution < 1.29 is 19.6 Å².